The lowest BCUT2D eigenvalue weighted by Gasteiger charge is -2.18. The molecular formula is C28H58O8S2. The lowest BCUT2D eigenvalue weighted by atomic mass is 9.92. The van der Waals surface area contributed by atoms with Crippen LogP contribution in [0.2, 0.25) is 0 Å². The summed E-state index contributed by atoms with van der Waals surface area (Å²) in [4.78, 5) is 0. The zero-order valence-electron chi connectivity index (χ0n) is 24.3. The highest BCUT2D eigenvalue weighted by molar-refractivity contribution is 7.81. The molecule has 230 valence electrons. The van der Waals surface area contributed by atoms with Crippen molar-refractivity contribution >= 4 is 20.8 Å². The Morgan fingerprint density at radius 3 is 0.947 bits per heavy atom. The van der Waals surface area contributed by atoms with Crippen molar-refractivity contribution in [3.63, 3.8) is 0 Å². The molecule has 0 aromatic heterocycles. The molecule has 2 atom stereocenters. The smallest absolute Gasteiger partial charge is 0.264 e. The van der Waals surface area contributed by atoms with E-state index in [4.69, 9.17) is 9.11 Å². The predicted octanol–water partition coefficient (Wildman–Crippen LogP) is 8.48. The summed E-state index contributed by atoms with van der Waals surface area (Å²) in [6.07, 6.45) is 24.3. The fraction of sp³-hybridized carbons (Fsp3) is 1.00. The minimum atomic E-state index is -4.45. The highest BCUT2D eigenvalue weighted by Crippen LogP contribution is 2.23. The molecule has 2 N–H and O–H groups in total. The van der Waals surface area contributed by atoms with Crippen LogP contribution in [0.25, 0.3) is 0 Å². The van der Waals surface area contributed by atoms with Crippen LogP contribution in [0, 0.1) is 11.8 Å². The van der Waals surface area contributed by atoms with Crippen LogP contribution in [0.5, 0.6) is 0 Å². The molecule has 38 heavy (non-hydrogen) atoms. The third kappa shape index (κ3) is 28.7. The van der Waals surface area contributed by atoms with Gasteiger partial charge in [0.1, 0.15) is 0 Å². The second-order valence-corrected chi connectivity index (χ2v) is 13.2. The minimum Gasteiger partial charge on any atom is -0.264 e. The number of unbranched alkanes of at least 4 members (excludes halogenated alkanes) is 15. The molecule has 0 fully saturated rings. The van der Waals surface area contributed by atoms with E-state index in [1.54, 1.807) is 0 Å². The Kier molecular flexibility index (Phi) is 24.4. The van der Waals surface area contributed by atoms with Gasteiger partial charge in [-0.1, -0.05) is 129 Å². The molecule has 0 aliphatic carbocycles. The van der Waals surface area contributed by atoms with Crippen molar-refractivity contribution in [2.24, 2.45) is 11.8 Å². The normalized spacial score (nSPS) is 14.1. The van der Waals surface area contributed by atoms with Crippen LogP contribution in [0.1, 0.15) is 155 Å². The standard InChI is InChI=1S/C28H58O8S2/c1-3-5-7-9-11-13-15-17-21-27(25-35-37(29,30)31)23-19-20-24-28(26-36-38(32,33)34)22-18-16-14-12-10-8-6-4-2/h27-28H,3-26H2,1-2H3,(H,29,30,31)(H,32,33,34). The monoisotopic (exact) mass is 586 g/mol. The Morgan fingerprint density at radius 1 is 0.447 bits per heavy atom. The molecule has 0 radical (unpaired) electrons. The molecule has 0 rings (SSSR count). The van der Waals surface area contributed by atoms with Gasteiger partial charge in [0.05, 0.1) is 13.2 Å². The summed E-state index contributed by atoms with van der Waals surface area (Å²) in [5.74, 6) is 0.106. The summed E-state index contributed by atoms with van der Waals surface area (Å²) in [6.45, 7) is 4.39. The first-order chi connectivity index (χ1) is 18.1. The molecule has 0 saturated carbocycles. The summed E-state index contributed by atoms with van der Waals surface area (Å²) < 4.78 is 71.6. The van der Waals surface area contributed by atoms with Gasteiger partial charge in [0.25, 0.3) is 0 Å². The lowest BCUT2D eigenvalue weighted by molar-refractivity contribution is 0.194. The zero-order chi connectivity index (χ0) is 28.5. The maximum Gasteiger partial charge on any atom is 0.397 e. The van der Waals surface area contributed by atoms with Crippen LogP contribution in [-0.4, -0.2) is 39.2 Å². The number of rotatable bonds is 29. The van der Waals surface area contributed by atoms with Gasteiger partial charge < -0.3 is 0 Å². The topological polar surface area (TPSA) is 127 Å². The van der Waals surface area contributed by atoms with Gasteiger partial charge in [0.15, 0.2) is 0 Å². The Balaban J connectivity index is 4.42. The quantitative estimate of drug-likeness (QED) is 0.0660. The van der Waals surface area contributed by atoms with E-state index in [0.717, 1.165) is 64.2 Å². The molecule has 2 unspecified atom stereocenters. The van der Waals surface area contributed by atoms with Crippen LogP contribution in [-0.2, 0) is 29.2 Å². The first-order valence-corrected chi connectivity index (χ1v) is 18.0. The van der Waals surface area contributed by atoms with Gasteiger partial charge in [0, 0.05) is 0 Å². The van der Waals surface area contributed by atoms with Gasteiger partial charge in [-0.3, -0.25) is 9.11 Å². The van der Waals surface area contributed by atoms with E-state index in [-0.39, 0.29) is 25.0 Å². The van der Waals surface area contributed by atoms with Crippen molar-refractivity contribution in [1.29, 1.82) is 0 Å². The molecule has 0 aliphatic rings. The highest BCUT2D eigenvalue weighted by Gasteiger charge is 2.16. The fourth-order valence-corrected chi connectivity index (χ4v) is 5.72. The van der Waals surface area contributed by atoms with Crippen molar-refractivity contribution in [2.75, 3.05) is 13.2 Å². The fourth-order valence-electron chi connectivity index (χ4n) is 4.99. The van der Waals surface area contributed by atoms with Crippen LogP contribution < -0.4 is 0 Å². The van der Waals surface area contributed by atoms with Gasteiger partial charge in [-0.25, -0.2) is 8.37 Å². The summed E-state index contributed by atoms with van der Waals surface area (Å²) in [6, 6.07) is 0. The van der Waals surface area contributed by atoms with Gasteiger partial charge in [-0.2, -0.15) is 16.8 Å². The Hall–Kier alpha value is -0.260. The molecule has 0 aromatic rings. The third-order valence-corrected chi connectivity index (χ3v) is 8.18. The van der Waals surface area contributed by atoms with Crippen LogP contribution in [0.15, 0.2) is 0 Å². The summed E-state index contributed by atoms with van der Waals surface area (Å²) in [5, 5.41) is 0. The largest absolute Gasteiger partial charge is 0.397 e. The van der Waals surface area contributed by atoms with E-state index in [0.29, 0.717) is 0 Å². The van der Waals surface area contributed by atoms with Crippen LogP contribution in [0.4, 0.5) is 0 Å². The van der Waals surface area contributed by atoms with Crippen molar-refractivity contribution in [1.82, 2.24) is 0 Å². The van der Waals surface area contributed by atoms with Gasteiger partial charge in [-0.05, 0) is 37.5 Å². The van der Waals surface area contributed by atoms with E-state index < -0.39 is 20.8 Å². The van der Waals surface area contributed by atoms with E-state index >= 15 is 0 Å². The molecular weight excluding hydrogens is 528 g/mol. The molecule has 0 aromatic carbocycles. The Labute approximate surface area is 234 Å². The second-order valence-electron chi connectivity index (χ2n) is 11.0. The molecule has 0 heterocycles. The van der Waals surface area contributed by atoms with E-state index in [9.17, 15) is 16.8 Å². The molecule has 0 bridgehead atoms. The average Bonchev–Trinajstić information content (AvgIpc) is 2.84. The van der Waals surface area contributed by atoms with E-state index in [1.165, 1.54) is 77.0 Å². The maximum absolute atomic E-state index is 11.1. The molecule has 10 heteroatoms. The summed E-state index contributed by atoms with van der Waals surface area (Å²) in [5.41, 5.74) is 0. The number of hydrogen-bond acceptors (Lipinski definition) is 6. The van der Waals surface area contributed by atoms with E-state index in [2.05, 4.69) is 22.2 Å². The van der Waals surface area contributed by atoms with Gasteiger partial charge >= 0.3 is 20.8 Å². The third-order valence-electron chi connectivity index (χ3n) is 7.31. The minimum absolute atomic E-state index is 0.0110. The average molecular weight is 587 g/mol. The second kappa shape index (κ2) is 24.5. The summed E-state index contributed by atoms with van der Waals surface area (Å²) >= 11 is 0. The highest BCUT2D eigenvalue weighted by atomic mass is 32.3. The van der Waals surface area contributed by atoms with Crippen LogP contribution >= 0.6 is 0 Å². The Morgan fingerprint density at radius 2 is 0.684 bits per heavy atom. The molecule has 8 nitrogen and oxygen atoms in total. The number of hydrogen-bond donors (Lipinski definition) is 2. The Bertz CT molecular complexity index is 663. The zero-order valence-corrected chi connectivity index (χ0v) is 25.9. The first kappa shape index (κ1) is 37.7. The predicted molar refractivity (Wildman–Crippen MR) is 155 cm³/mol. The van der Waals surface area contributed by atoms with Crippen LogP contribution in [0.3, 0.4) is 0 Å². The van der Waals surface area contributed by atoms with Gasteiger partial charge in [0.2, 0.25) is 0 Å². The molecule has 0 spiro atoms. The van der Waals surface area contributed by atoms with E-state index in [1.807, 2.05) is 0 Å². The summed E-state index contributed by atoms with van der Waals surface area (Å²) in [7, 11) is -8.90. The van der Waals surface area contributed by atoms with Crippen molar-refractivity contribution < 1.29 is 34.3 Å². The molecule has 0 amide bonds. The molecule has 0 aliphatic heterocycles. The van der Waals surface area contributed by atoms with Crippen molar-refractivity contribution in [2.45, 2.75) is 155 Å². The molecule has 0 saturated heterocycles. The van der Waals surface area contributed by atoms with Crippen molar-refractivity contribution in [3.8, 4) is 0 Å². The lowest BCUT2D eigenvalue weighted by Crippen LogP contribution is -2.16. The van der Waals surface area contributed by atoms with Gasteiger partial charge in [-0.15, -0.1) is 0 Å². The SMILES string of the molecule is CCCCCCCCCCC(CCCCC(CCCCCCCCCC)COS(=O)(=O)O)COS(=O)(=O)O. The van der Waals surface area contributed by atoms with Crippen molar-refractivity contribution in [3.05, 3.63) is 0 Å². The maximum atomic E-state index is 11.1. The first-order valence-electron chi connectivity index (χ1n) is 15.3.